The fourth-order valence-electron chi connectivity index (χ4n) is 1.46. The number of hydrogen-bond acceptors (Lipinski definition) is 4. The van der Waals surface area contributed by atoms with Crippen molar-refractivity contribution in [2.45, 2.75) is 32.7 Å². The number of rotatable bonds is 4. The highest BCUT2D eigenvalue weighted by atomic mass is 16.2. The first kappa shape index (κ1) is 14.9. The van der Waals surface area contributed by atoms with Gasteiger partial charge in [0.05, 0.1) is 5.69 Å². The van der Waals surface area contributed by atoms with E-state index in [9.17, 15) is 9.59 Å². The van der Waals surface area contributed by atoms with Crippen LogP contribution in [0.2, 0.25) is 0 Å². The molecule has 0 aromatic carbocycles. The van der Waals surface area contributed by atoms with Gasteiger partial charge in [-0.25, -0.2) is 4.98 Å². The number of nitrogen functional groups attached to an aromatic ring is 1. The Hall–Kier alpha value is -2.11. The van der Waals surface area contributed by atoms with E-state index >= 15 is 0 Å². The van der Waals surface area contributed by atoms with Crippen molar-refractivity contribution in [1.29, 1.82) is 0 Å². The van der Waals surface area contributed by atoms with Crippen LogP contribution in [0.4, 0.5) is 5.69 Å². The number of nitrogens with one attached hydrogen (secondary N) is 2. The molecule has 0 bridgehead atoms. The molecular formula is C13H20N4O2. The molecule has 0 radical (unpaired) electrons. The van der Waals surface area contributed by atoms with Crippen LogP contribution in [-0.2, 0) is 4.79 Å². The van der Waals surface area contributed by atoms with Crippen LogP contribution in [0, 0.1) is 0 Å². The molecule has 0 unspecified atom stereocenters. The second kappa shape index (κ2) is 6.17. The molecule has 0 spiro atoms. The van der Waals surface area contributed by atoms with Gasteiger partial charge in [-0.05, 0) is 32.9 Å². The summed E-state index contributed by atoms with van der Waals surface area (Å²) in [7, 11) is 0. The summed E-state index contributed by atoms with van der Waals surface area (Å²) in [5.74, 6) is -0.483. The minimum absolute atomic E-state index is 0.109. The number of anilines is 1. The van der Waals surface area contributed by atoms with Crippen LogP contribution in [0.15, 0.2) is 18.3 Å². The van der Waals surface area contributed by atoms with Gasteiger partial charge in [0.15, 0.2) is 5.69 Å². The highest BCUT2D eigenvalue weighted by Crippen LogP contribution is 2.06. The molecule has 6 heteroatoms. The second-order valence-electron chi connectivity index (χ2n) is 5.25. The van der Waals surface area contributed by atoms with Gasteiger partial charge in [-0.3, -0.25) is 9.59 Å². The Morgan fingerprint density at radius 3 is 2.63 bits per heavy atom. The lowest BCUT2D eigenvalue weighted by atomic mass is 10.1. The van der Waals surface area contributed by atoms with Crippen molar-refractivity contribution in [3.63, 3.8) is 0 Å². The highest BCUT2D eigenvalue weighted by Gasteiger charge is 2.14. The summed E-state index contributed by atoms with van der Waals surface area (Å²) in [6.45, 7) is 5.95. The van der Waals surface area contributed by atoms with Gasteiger partial charge in [-0.1, -0.05) is 0 Å². The monoisotopic (exact) mass is 264 g/mol. The lowest BCUT2D eigenvalue weighted by molar-refractivity contribution is -0.122. The van der Waals surface area contributed by atoms with Crippen molar-refractivity contribution in [3.05, 3.63) is 24.0 Å². The van der Waals surface area contributed by atoms with E-state index in [0.29, 0.717) is 5.69 Å². The van der Waals surface area contributed by atoms with Crippen LogP contribution < -0.4 is 16.4 Å². The average molecular weight is 264 g/mol. The first-order valence-corrected chi connectivity index (χ1v) is 6.09. The number of carbonyl (C=O) groups excluding carboxylic acids is 2. The Balaban J connectivity index is 2.40. The summed E-state index contributed by atoms with van der Waals surface area (Å²) in [6.07, 6.45) is 1.72. The minimum Gasteiger partial charge on any atom is -0.397 e. The molecule has 1 rings (SSSR count). The topological polar surface area (TPSA) is 97.1 Å². The molecule has 0 fully saturated rings. The fraction of sp³-hybridized carbons (Fsp3) is 0.462. The van der Waals surface area contributed by atoms with E-state index in [4.69, 9.17) is 5.73 Å². The second-order valence-corrected chi connectivity index (χ2v) is 5.25. The van der Waals surface area contributed by atoms with E-state index in [1.165, 1.54) is 6.20 Å². The minimum atomic E-state index is -0.373. The van der Waals surface area contributed by atoms with Crippen LogP contribution in [0.25, 0.3) is 0 Å². The molecule has 2 amide bonds. The van der Waals surface area contributed by atoms with Gasteiger partial charge in [-0.15, -0.1) is 0 Å². The number of pyridine rings is 1. The zero-order valence-electron chi connectivity index (χ0n) is 11.5. The maximum atomic E-state index is 11.7. The number of carbonyl (C=O) groups is 2. The van der Waals surface area contributed by atoms with E-state index in [0.717, 1.165) is 0 Å². The summed E-state index contributed by atoms with van der Waals surface area (Å²) < 4.78 is 0. The molecule has 0 atom stereocenters. The van der Waals surface area contributed by atoms with E-state index in [1.54, 1.807) is 12.1 Å². The third-order valence-electron chi connectivity index (χ3n) is 2.21. The summed E-state index contributed by atoms with van der Waals surface area (Å²) in [5, 5.41) is 5.43. The zero-order valence-corrected chi connectivity index (χ0v) is 11.5. The quantitative estimate of drug-likeness (QED) is 0.745. The number of hydrogen-bond donors (Lipinski definition) is 3. The van der Waals surface area contributed by atoms with Crippen LogP contribution in [0.3, 0.4) is 0 Å². The van der Waals surface area contributed by atoms with Gasteiger partial charge in [0.25, 0.3) is 5.91 Å². The summed E-state index contributed by atoms with van der Waals surface area (Å²) >= 11 is 0. The molecule has 1 aromatic rings. The first-order chi connectivity index (χ1) is 8.79. The number of amides is 2. The van der Waals surface area contributed by atoms with E-state index in [2.05, 4.69) is 15.6 Å². The number of nitrogens with two attached hydrogens (primary N) is 1. The summed E-state index contributed by atoms with van der Waals surface area (Å²) in [5.41, 5.74) is 5.86. The molecule has 19 heavy (non-hydrogen) atoms. The Morgan fingerprint density at radius 1 is 1.37 bits per heavy atom. The molecule has 0 saturated carbocycles. The third-order valence-corrected chi connectivity index (χ3v) is 2.21. The molecule has 0 aliphatic heterocycles. The number of aromatic nitrogens is 1. The standard InChI is InChI=1S/C13H20N4O2/c1-13(2,3)17-10(18)6-8-16-12(19)11-9(14)5-4-7-15-11/h4-5,7H,6,8,14H2,1-3H3,(H,16,19)(H,17,18). The molecular weight excluding hydrogens is 244 g/mol. The maximum absolute atomic E-state index is 11.7. The average Bonchev–Trinajstić information content (AvgIpc) is 2.26. The Kier molecular flexibility index (Phi) is 4.86. The molecule has 4 N–H and O–H groups in total. The Bertz CT molecular complexity index is 466. The largest absolute Gasteiger partial charge is 0.397 e. The first-order valence-electron chi connectivity index (χ1n) is 6.09. The molecule has 1 aromatic heterocycles. The SMILES string of the molecule is CC(C)(C)NC(=O)CCNC(=O)c1ncccc1N. The van der Waals surface area contributed by atoms with Gasteiger partial charge >= 0.3 is 0 Å². The highest BCUT2D eigenvalue weighted by molar-refractivity contribution is 5.97. The predicted molar refractivity (Wildman–Crippen MR) is 73.5 cm³/mol. The molecule has 0 saturated heterocycles. The normalized spacial score (nSPS) is 10.9. The van der Waals surface area contributed by atoms with Crippen molar-refractivity contribution < 1.29 is 9.59 Å². The zero-order chi connectivity index (χ0) is 14.5. The van der Waals surface area contributed by atoms with Gasteiger partial charge in [0.2, 0.25) is 5.91 Å². The van der Waals surface area contributed by atoms with Crippen molar-refractivity contribution in [3.8, 4) is 0 Å². The van der Waals surface area contributed by atoms with Crippen LogP contribution in [0.5, 0.6) is 0 Å². The summed E-state index contributed by atoms with van der Waals surface area (Å²) in [6, 6.07) is 3.26. The van der Waals surface area contributed by atoms with Gasteiger partial charge in [0, 0.05) is 24.7 Å². The third kappa shape index (κ3) is 5.37. The fourth-order valence-corrected chi connectivity index (χ4v) is 1.46. The van der Waals surface area contributed by atoms with E-state index < -0.39 is 0 Å². The van der Waals surface area contributed by atoms with Gasteiger partial charge < -0.3 is 16.4 Å². The van der Waals surface area contributed by atoms with Crippen molar-refractivity contribution >= 4 is 17.5 Å². The van der Waals surface area contributed by atoms with Gasteiger partial charge in [-0.2, -0.15) is 0 Å². The van der Waals surface area contributed by atoms with Crippen LogP contribution in [0.1, 0.15) is 37.7 Å². The number of nitrogens with zero attached hydrogens (tertiary/aromatic N) is 1. The van der Waals surface area contributed by atoms with E-state index in [1.807, 2.05) is 20.8 Å². The molecule has 0 aliphatic carbocycles. The van der Waals surface area contributed by atoms with Gasteiger partial charge in [0.1, 0.15) is 0 Å². The smallest absolute Gasteiger partial charge is 0.272 e. The molecule has 1 heterocycles. The van der Waals surface area contributed by atoms with Crippen LogP contribution in [-0.4, -0.2) is 28.9 Å². The van der Waals surface area contributed by atoms with Crippen molar-refractivity contribution in [2.24, 2.45) is 0 Å². The van der Waals surface area contributed by atoms with Crippen LogP contribution >= 0.6 is 0 Å². The lowest BCUT2D eigenvalue weighted by Gasteiger charge is -2.20. The van der Waals surface area contributed by atoms with Crippen molar-refractivity contribution in [1.82, 2.24) is 15.6 Å². The Labute approximate surface area is 112 Å². The molecule has 0 aliphatic rings. The molecule has 104 valence electrons. The lowest BCUT2D eigenvalue weighted by Crippen LogP contribution is -2.42. The maximum Gasteiger partial charge on any atom is 0.272 e. The van der Waals surface area contributed by atoms with Crippen molar-refractivity contribution in [2.75, 3.05) is 12.3 Å². The van der Waals surface area contributed by atoms with E-state index in [-0.39, 0.29) is 36.0 Å². The molecule has 6 nitrogen and oxygen atoms in total. The summed E-state index contributed by atoms with van der Waals surface area (Å²) in [4.78, 5) is 27.2. The predicted octanol–water partition coefficient (Wildman–Crippen LogP) is 0.698. The Morgan fingerprint density at radius 2 is 2.05 bits per heavy atom.